The highest BCUT2D eigenvalue weighted by Crippen LogP contribution is 2.68. The molecule has 4 rings (SSSR count). The molecule has 1 aliphatic carbocycles. The largest absolute Gasteiger partial charge is 0.481 e. The third kappa shape index (κ3) is 0.616. The van der Waals surface area contributed by atoms with E-state index in [4.69, 9.17) is 9.47 Å². The Kier molecular flexibility index (Phi) is 1.05. The Hall–Kier alpha value is -0.610. The lowest BCUT2D eigenvalue weighted by Crippen LogP contribution is -2.62. The molecule has 13 heavy (non-hydrogen) atoms. The quantitative estimate of drug-likeness (QED) is 0.641. The van der Waals surface area contributed by atoms with Crippen LogP contribution in [0.1, 0.15) is 19.8 Å². The van der Waals surface area contributed by atoms with Gasteiger partial charge in [0.1, 0.15) is 11.0 Å². The molecular weight excluding hydrogens is 172 g/mol. The van der Waals surface area contributed by atoms with Crippen molar-refractivity contribution in [3.05, 3.63) is 0 Å². The number of hydrogen-bond acceptors (Lipinski definition) is 3. The zero-order valence-corrected chi connectivity index (χ0v) is 7.50. The number of carboxylic acid groups (broad SMARTS) is 1. The highest BCUT2D eigenvalue weighted by Gasteiger charge is 2.79. The number of carbonyl (C=O) groups is 1. The summed E-state index contributed by atoms with van der Waals surface area (Å²) in [4.78, 5) is 11.2. The van der Waals surface area contributed by atoms with Gasteiger partial charge < -0.3 is 14.6 Å². The second-order valence-electron chi connectivity index (χ2n) is 4.78. The molecular formula is C9H12O4. The van der Waals surface area contributed by atoms with Crippen molar-refractivity contribution in [3.63, 3.8) is 0 Å². The topological polar surface area (TPSA) is 55.8 Å². The minimum atomic E-state index is -0.717. The van der Waals surface area contributed by atoms with E-state index in [0.717, 1.165) is 0 Å². The maximum atomic E-state index is 11.2. The van der Waals surface area contributed by atoms with Gasteiger partial charge in [0.05, 0.1) is 18.8 Å². The molecule has 0 radical (unpaired) electrons. The van der Waals surface area contributed by atoms with Gasteiger partial charge in [-0.05, 0) is 19.8 Å². The molecule has 3 aliphatic heterocycles. The second-order valence-corrected chi connectivity index (χ2v) is 4.78. The van der Waals surface area contributed by atoms with Crippen LogP contribution in [0.15, 0.2) is 0 Å². The molecule has 0 amide bonds. The summed E-state index contributed by atoms with van der Waals surface area (Å²) in [5, 5.41) is 9.19. The van der Waals surface area contributed by atoms with E-state index in [9.17, 15) is 9.90 Å². The van der Waals surface area contributed by atoms with Gasteiger partial charge in [0.2, 0.25) is 0 Å². The number of carboxylic acids is 1. The van der Waals surface area contributed by atoms with Gasteiger partial charge >= 0.3 is 5.97 Å². The van der Waals surface area contributed by atoms with Crippen LogP contribution in [-0.2, 0) is 14.3 Å². The van der Waals surface area contributed by atoms with Crippen molar-refractivity contribution in [1.29, 1.82) is 0 Å². The van der Waals surface area contributed by atoms with Crippen molar-refractivity contribution >= 4 is 5.97 Å². The summed E-state index contributed by atoms with van der Waals surface area (Å²) in [5.74, 6) is -0.717. The predicted octanol–water partition coefficient (Wildman–Crippen LogP) is 0.409. The molecule has 1 N–H and O–H groups in total. The standard InChI is InChI=1S/C9H12O4/c1-7-2-8(3-7,6(10)11)9(13-7)4-12-5-9/h2-5H2,1H3,(H,10,11). The summed E-state index contributed by atoms with van der Waals surface area (Å²) in [6, 6.07) is 0. The SMILES string of the molecule is CC12CC(C(=O)O)(C1)C1(COC1)O2. The summed E-state index contributed by atoms with van der Waals surface area (Å²) < 4.78 is 10.9. The highest BCUT2D eigenvalue weighted by atomic mass is 16.6. The minimum absolute atomic E-state index is 0.192. The first kappa shape index (κ1) is 7.76. The van der Waals surface area contributed by atoms with Gasteiger partial charge in [-0.15, -0.1) is 0 Å². The molecule has 72 valence electrons. The summed E-state index contributed by atoms with van der Waals surface area (Å²) in [5.41, 5.74) is -1.32. The molecule has 1 saturated carbocycles. The van der Waals surface area contributed by atoms with Gasteiger partial charge in [0, 0.05) is 0 Å². The van der Waals surface area contributed by atoms with E-state index in [1.165, 1.54) is 0 Å². The molecule has 3 saturated heterocycles. The number of aliphatic carboxylic acids is 1. The maximum Gasteiger partial charge on any atom is 0.313 e. The predicted molar refractivity (Wildman–Crippen MR) is 42.3 cm³/mol. The lowest BCUT2D eigenvalue weighted by molar-refractivity contribution is -0.218. The molecule has 0 aromatic carbocycles. The van der Waals surface area contributed by atoms with E-state index >= 15 is 0 Å². The Morgan fingerprint density at radius 3 is 2.31 bits per heavy atom. The Bertz CT molecular complexity index is 286. The smallest absolute Gasteiger partial charge is 0.313 e. The van der Waals surface area contributed by atoms with Gasteiger partial charge in [-0.25, -0.2) is 0 Å². The summed E-state index contributed by atoms with van der Waals surface area (Å²) in [6.07, 6.45) is 1.30. The first-order valence-corrected chi connectivity index (χ1v) is 4.53. The van der Waals surface area contributed by atoms with Crippen LogP contribution in [0.5, 0.6) is 0 Å². The van der Waals surface area contributed by atoms with Gasteiger partial charge in [-0.1, -0.05) is 0 Å². The van der Waals surface area contributed by atoms with Crippen molar-refractivity contribution in [3.8, 4) is 0 Å². The Labute approximate surface area is 75.8 Å². The Morgan fingerprint density at radius 1 is 1.38 bits per heavy atom. The van der Waals surface area contributed by atoms with Crippen LogP contribution in [0.2, 0.25) is 0 Å². The molecule has 4 fully saturated rings. The van der Waals surface area contributed by atoms with Crippen LogP contribution >= 0.6 is 0 Å². The van der Waals surface area contributed by atoms with Crippen LogP contribution < -0.4 is 0 Å². The van der Waals surface area contributed by atoms with Crippen LogP contribution in [0.25, 0.3) is 0 Å². The zero-order valence-electron chi connectivity index (χ0n) is 7.50. The lowest BCUT2D eigenvalue weighted by Gasteiger charge is -2.47. The van der Waals surface area contributed by atoms with Gasteiger partial charge in [-0.2, -0.15) is 0 Å². The van der Waals surface area contributed by atoms with Crippen molar-refractivity contribution in [1.82, 2.24) is 0 Å². The van der Waals surface area contributed by atoms with E-state index in [1.807, 2.05) is 6.92 Å². The van der Waals surface area contributed by atoms with Crippen molar-refractivity contribution < 1.29 is 19.4 Å². The monoisotopic (exact) mass is 184 g/mol. The van der Waals surface area contributed by atoms with Crippen molar-refractivity contribution in [2.24, 2.45) is 5.41 Å². The fraction of sp³-hybridized carbons (Fsp3) is 0.889. The second kappa shape index (κ2) is 1.77. The molecule has 0 unspecified atom stereocenters. The van der Waals surface area contributed by atoms with Gasteiger partial charge in [0.25, 0.3) is 0 Å². The van der Waals surface area contributed by atoms with E-state index in [-0.39, 0.29) is 5.60 Å². The summed E-state index contributed by atoms with van der Waals surface area (Å²) >= 11 is 0. The molecule has 4 heteroatoms. The zero-order chi connectivity index (χ0) is 9.32. The first-order valence-electron chi connectivity index (χ1n) is 4.53. The molecule has 0 aromatic rings. The molecule has 0 aromatic heterocycles. The van der Waals surface area contributed by atoms with Crippen molar-refractivity contribution in [2.45, 2.75) is 31.0 Å². The Morgan fingerprint density at radius 2 is 2.00 bits per heavy atom. The number of hydrogen-bond donors (Lipinski definition) is 1. The average Bonchev–Trinajstić information content (AvgIpc) is 2.31. The normalized spacial score (nSPS) is 49.9. The molecule has 1 spiro atoms. The summed E-state index contributed by atoms with van der Waals surface area (Å²) in [6.45, 7) is 2.89. The van der Waals surface area contributed by atoms with Crippen LogP contribution in [0.3, 0.4) is 0 Å². The third-order valence-corrected chi connectivity index (χ3v) is 3.75. The minimum Gasteiger partial charge on any atom is -0.481 e. The van der Waals surface area contributed by atoms with Gasteiger partial charge in [-0.3, -0.25) is 4.79 Å². The fourth-order valence-corrected chi connectivity index (χ4v) is 3.16. The third-order valence-electron chi connectivity index (χ3n) is 3.75. The summed E-state index contributed by atoms with van der Waals surface area (Å²) in [7, 11) is 0. The van der Waals surface area contributed by atoms with Crippen LogP contribution in [-0.4, -0.2) is 35.5 Å². The number of rotatable bonds is 1. The lowest BCUT2D eigenvalue weighted by atomic mass is 9.56. The molecule has 4 aliphatic rings. The average molecular weight is 184 g/mol. The van der Waals surface area contributed by atoms with E-state index in [1.54, 1.807) is 0 Å². The number of ether oxygens (including phenoxy) is 2. The van der Waals surface area contributed by atoms with E-state index < -0.39 is 17.0 Å². The molecule has 2 bridgehead atoms. The Balaban J connectivity index is 2.02. The fourth-order valence-electron chi connectivity index (χ4n) is 3.16. The van der Waals surface area contributed by atoms with E-state index in [0.29, 0.717) is 26.1 Å². The van der Waals surface area contributed by atoms with Crippen LogP contribution in [0, 0.1) is 5.41 Å². The molecule has 4 nitrogen and oxygen atoms in total. The molecule has 3 heterocycles. The maximum absolute atomic E-state index is 11.2. The highest BCUT2D eigenvalue weighted by molar-refractivity contribution is 5.80. The molecule has 0 atom stereocenters. The first-order chi connectivity index (χ1) is 6.02. The van der Waals surface area contributed by atoms with Gasteiger partial charge in [0.15, 0.2) is 0 Å². The van der Waals surface area contributed by atoms with Crippen LogP contribution in [0.4, 0.5) is 0 Å². The van der Waals surface area contributed by atoms with E-state index in [2.05, 4.69) is 0 Å². The van der Waals surface area contributed by atoms with Crippen molar-refractivity contribution in [2.75, 3.05) is 13.2 Å².